The maximum atomic E-state index is 13.2. The number of nitrogens with one attached hydrogen (secondary N) is 1. The number of amides is 1. The van der Waals surface area contributed by atoms with Gasteiger partial charge in [0.15, 0.2) is 0 Å². The van der Waals surface area contributed by atoms with Crippen LogP contribution in [0.3, 0.4) is 0 Å². The molecule has 0 radical (unpaired) electrons. The van der Waals surface area contributed by atoms with Gasteiger partial charge < -0.3 is 10.2 Å². The van der Waals surface area contributed by atoms with E-state index in [1.54, 1.807) is 0 Å². The van der Waals surface area contributed by atoms with Gasteiger partial charge in [-0.1, -0.05) is 0 Å². The fraction of sp³-hybridized carbons (Fsp3) is 0.500. The van der Waals surface area contributed by atoms with Gasteiger partial charge in [0.1, 0.15) is 11.9 Å². The predicted molar refractivity (Wildman–Crippen MR) is 70.0 cm³/mol. The highest BCUT2D eigenvalue weighted by Gasteiger charge is 2.23. The van der Waals surface area contributed by atoms with Crippen LogP contribution in [-0.2, 0) is 4.79 Å². The van der Waals surface area contributed by atoms with Crippen molar-refractivity contribution in [1.29, 1.82) is 0 Å². The summed E-state index contributed by atoms with van der Waals surface area (Å²) >= 11 is 0. The fourth-order valence-corrected chi connectivity index (χ4v) is 2.34. The Bertz CT molecular complexity index is 421. The molecule has 0 aromatic heterocycles. The molecule has 4 heteroatoms. The highest BCUT2D eigenvalue weighted by Crippen LogP contribution is 2.16. The molecule has 1 aliphatic rings. The lowest BCUT2D eigenvalue weighted by Crippen LogP contribution is -2.39. The maximum Gasteiger partial charge on any atom is 0.244 e. The summed E-state index contributed by atoms with van der Waals surface area (Å²) in [6.07, 6.45) is 2.16. The van der Waals surface area contributed by atoms with Crippen molar-refractivity contribution in [3.63, 3.8) is 0 Å². The van der Waals surface area contributed by atoms with Crippen molar-refractivity contribution in [3.05, 3.63) is 29.6 Å². The summed E-state index contributed by atoms with van der Waals surface area (Å²) in [5, 5.41) is 3.07. The molecule has 1 atom stereocenters. The Kier molecular flexibility index (Phi) is 3.84. The summed E-state index contributed by atoms with van der Waals surface area (Å²) in [6.45, 7) is 5.34. The third kappa shape index (κ3) is 3.00. The number of anilines is 1. The molecule has 1 aromatic carbocycles. The fourth-order valence-electron chi connectivity index (χ4n) is 2.34. The minimum Gasteiger partial charge on any atom is -0.374 e. The van der Waals surface area contributed by atoms with Crippen molar-refractivity contribution in [2.75, 3.05) is 18.4 Å². The van der Waals surface area contributed by atoms with E-state index in [9.17, 15) is 9.18 Å². The highest BCUT2D eigenvalue weighted by molar-refractivity contribution is 5.84. The minimum atomic E-state index is -0.315. The monoisotopic (exact) mass is 250 g/mol. The van der Waals surface area contributed by atoms with Gasteiger partial charge in [0, 0.05) is 18.8 Å². The van der Waals surface area contributed by atoms with Gasteiger partial charge in [0.05, 0.1) is 0 Å². The van der Waals surface area contributed by atoms with E-state index >= 15 is 0 Å². The van der Waals surface area contributed by atoms with Gasteiger partial charge in [-0.3, -0.25) is 4.79 Å². The average molecular weight is 250 g/mol. The second-order valence-electron chi connectivity index (χ2n) is 4.92. The maximum absolute atomic E-state index is 13.2. The lowest BCUT2D eigenvalue weighted by atomic mass is 10.2. The highest BCUT2D eigenvalue weighted by atomic mass is 19.1. The van der Waals surface area contributed by atoms with Gasteiger partial charge in [0.25, 0.3) is 0 Å². The quantitative estimate of drug-likeness (QED) is 0.894. The Morgan fingerprint density at radius 2 is 2.00 bits per heavy atom. The molecule has 0 bridgehead atoms. The topological polar surface area (TPSA) is 32.3 Å². The Morgan fingerprint density at radius 1 is 1.33 bits per heavy atom. The third-order valence-electron chi connectivity index (χ3n) is 3.21. The molecular formula is C14H19FN2O. The molecule has 1 unspecified atom stereocenters. The molecule has 1 fully saturated rings. The van der Waals surface area contributed by atoms with E-state index < -0.39 is 0 Å². The Hall–Kier alpha value is -1.58. The SMILES string of the molecule is Cc1cc(F)cc(NC(C)C(=O)N2CCCC2)c1. The van der Waals surface area contributed by atoms with E-state index in [4.69, 9.17) is 0 Å². The lowest BCUT2D eigenvalue weighted by Gasteiger charge is -2.22. The smallest absolute Gasteiger partial charge is 0.244 e. The number of hydrogen-bond donors (Lipinski definition) is 1. The molecule has 0 spiro atoms. The molecule has 98 valence electrons. The zero-order valence-corrected chi connectivity index (χ0v) is 10.9. The normalized spacial score (nSPS) is 16.7. The Labute approximate surface area is 107 Å². The molecule has 18 heavy (non-hydrogen) atoms. The van der Waals surface area contributed by atoms with Crippen LogP contribution in [0.5, 0.6) is 0 Å². The Morgan fingerprint density at radius 3 is 2.61 bits per heavy atom. The molecule has 0 aliphatic carbocycles. The van der Waals surface area contributed by atoms with E-state index in [2.05, 4.69) is 5.32 Å². The van der Waals surface area contributed by atoms with Crippen LogP contribution in [0.15, 0.2) is 18.2 Å². The molecular weight excluding hydrogens is 231 g/mol. The number of carbonyl (C=O) groups excluding carboxylic acids is 1. The molecule has 3 nitrogen and oxygen atoms in total. The third-order valence-corrected chi connectivity index (χ3v) is 3.21. The van der Waals surface area contributed by atoms with Crippen LogP contribution in [0.1, 0.15) is 25.3 Å². The first-order valence-electron chi connectivity index (χ1n) is 6.39. The number of halogens is 1. The van der Waals surface area contributed by atoms with Crippen LogP contribution >= 0.6 is 0 Å². The summed E-state index contributed by atoms with van der Waals surface area (Å²) in [4.78, 5) is 14.0. The number of rotatable bonds is 3. The van der Waals surface area contributed by atoms with E-state index in [0.29, 0.717) is 5.69 Å². The van der Waals surface area contributed by atoms with Crippen LogP contribution in [0.25, 0.3) is 0 Å². The Balaban J connectivity index is 2.01. The van der Waals surface area contributed by atoms with Crippen molar-refractivity contribution >= 4 is 11.6 Å². The van der Waals surface area contributed by atoms with Gasteiger partial charge in [-0.05, 0) is 50.5 Å². The first kappa shape index (κ1) is 12.9. The second kappa shape index (κ2) is 5.38. The number of carbonyl (C=O) groups is 1. The van der Waals surface area contributed by atoms with Crippen LogP contribution in [0.4, 0.5) is 10.1 Å². The van der Waals surface area contributed by atoms with Gasteiger partial charge in [-0.15, -0.1) is 0 Å². The number of benzene rings is 1. The summed E-state index contributed by atoms with van der Waals surface area (Å²) in [7, 11) is 0. The van der Waals surface area contributed by atoms with Crippen molar-refractivity contribution in [2.24, 2.45) is 0 Å². The molecule has 1 aromatic rings. The van der Waals surface area contributed by atoms with Gasteiger partial charge >= 0.3 is 0 Å². The standard InChI is InChI=1S/C14H19FN2O/c1-10-7-12(15)9-13(8-10)16-11(2)14(18)17-5-3-4-6-17/h7-9,11,16H,3-6H2,1-2H3. The summed E-state index contributed by atoms with van der Waals surface area (Å²) < 4.78 is 13.2. The van der Waals surface area contributed by atoms with E-state index in [1.807, 2.05) is 24.8 Å². The van der Waals surface area contributed by atoms with Crippen LogP contribution < -0.4 is 5.32 Å². The molecule has 1 saturated heterocycles. The van der Waals surface area contributed by atoms with Crippen molar-refractivity contribution < 1.29 is 9.18 Å². The van der Waals surface area contributed by atoms with Crippen LogP contribution in [0.2, 0.25) is 0 Å². The van der Waals surface area contributed by atoms with Crippen LogP contribution in [0, 0.1) is 12.7 Å². The summed E-state index contributed by atoms with van der Waals surface area (Å²) in [5.41, 5.74) is 1.51. The van der Waals surface area contributed by atoms with E-state index in [-0.39, 0.29) is 17.8 Å². The van der Waals surface area contributed by atoms with Gasteiger partial charge in [0.2, 0.25) is 5.91 Å². The molecule has 2 rings (SSSR count). The first-order valence-corrected chi connectivity index (χ1v) is 6.39. The minimum absolute atomic E-state index is 0.0921. The summed E-state index contributed by atoms with van der Waals surface area (Å²) in [5.74, 6) is -0.187. The average Bonchev–Trinajstić information content (AvgIpc) is 2.79. The van der Waals surface area contributed by atoms with Crippen LogP contribution in [-0.4, -0.2) is 29.9 Å². The number of nitrogens with zero attached hydrogens (tertiary/aromatic N) is 1. The predicted octanol–water partition coefficient (Wildman–Crippen LogP) is 2.56. The first-order chi connectivity index (χ1) is 8.56. The molecule has 0 saturated carbocycles. The number of hydrogen-bond acceptors (Lipinski definition) is 2. The van der Waals surface area contributed by atoms with E-state index in [0.717, 1.165) is 31.5 Å². The number of aryl methyl sites for hydroxylation is 1. The molecule has 1 heterocycles. The van der Waals surface area contributed by atoms with Crippen molar-refractivity contribution in [2.45, 2.75) is 32.7 Å². The van der Waals surface area contributed by atoms with Crippen molar-refractivity contribution in [3.8, 4) is 0 Å². The largest absolute Gasteiger partial charge is 0.374 e. The molecule has 1 aliphatic heterocycles. The lowest BCUT2D eigenvalue weighted by molar-refractivity contribution is -0.130. The zero-order valence-electron chi connectivity index (χ0n) is 10.9. The van der Waals surface area contributed by atoms with E-state index in [1.165, 1.54) is 12.1 Å². The summed E-state index contributed by atoms with van der Waals surface area (Å²) in [6, 6.07) is 4.42. The zero-order chi connectivity index (χ0) is 13.1. The van der Waals surface area contributed by atoms with Gasteiger partial charge in [-0.2, -0.15) is 0 Å². The number of likely N-dealkylation sites (tertiary alicyclic amines) is 1. The molecule has 1 N–H and O–H groups in total. The second-order valence-corrected chi connectivity index (χ2v) is 4.92. The molecule has 1 amide bonds. The van der Waals surface area contributed by atoms with Gasteiger partial charge in [-0.25, -0.2) is 4.39 Å². The van der Waals surface area contributed by atoms with Crippen molar-refractivity contribution in [1.82, 2.24) is 4.90 Å².